The van der Waals surface area contributed by atoms with Crippen LogP contribution in [-0.4, -0.2) is 45.4 Å². The van der Waals surface area contributed by atoms with E-state index in [2.05, 4.69) is 23.0 Å². The molecule has 1 aliphatic rings. The Morgan fingerprint density at radius 1 is 1.23 bits per heavy atom. The summed E-state index contributed by atoms with van der Waals surface area (Å²) in [5.41, 5.74) is 2.05. The zero-order chi connectivity index (χ0) is 21.9. The van der Waals surface area contributed by atoms with E-state index in [1.54, 1.807) is 30.3 Å². The largest absolute Gasteiger partial charge is 0.323 e. The van der Waals surface area contributed by atoms with E-state index in [-0.39, 0.29) is 23.4 Å². The maximum absolute atomic E-state index is 12.8. The maximum atomic E-state index is 12.8. The van der Waals surface area contributed by atoms with Crippen LogP contribution in [-0.2, 0) is 14.8 Å². The Morgan fingerprint density at radius 3 is 2.53 bits per heavy atom. The van der Waals surface area contributed by atoms with Crippen LogP contribution in [0.1, 0.15) is 13.3 Å². The fourth-order valence-electron chi connectivity index (χ4n) is 3.63. The molecule has 3 rings (SSSR count). The molecule has 1 saturated heterocycles. The van der Waals surface area contributed by atoms with E-state index in [1.165, 1.54) is 19.2 Å². The highest BCUT2D eigenvalue weighted by atomic mass is 35.5. The number of nitrogens with one attached hydrogen (secondary N) is 2. The van der Waals surface area contributed by atoms with Gasteiger partial charge in [-0.1, -0.05) is 36.7 Å². The van der Waals surface area contributed by atoms with E-state index in [9.17, 15) is 13.2 Å². The van der Waals surface area contributed by atoms with Gasteiger partial charge in [-0.05, 0) is 54.8 Å². The molecule has 30 heavy (non-hydrogen) atoms. The Morgan fingerprint density at radius 2 is 1.90 bits per heavy atom. The predicted octanol–water partition coefficient (Wildman–Crippen LogP) is 3.09. The van der Waals surface area contributed by atoms with Crippen LogP contribution in [0.5, 0.6) is 0 Å². The summed E-state index contributed by atoms with van der Waals surface area (Å²) in [5, 5.41) is 12.3. The van der Waals surface area contributed by atoms with Crippen molar-refractivity contribution in [3.63, 3.8) is 0 Å². The molecule has 1 heterocycles. The molecule has 0 spiro atoms. The average Bonchev–Trinajstić information content (AvgIpc) is 3.10. The van der Waals surface area contributed by atoms with Crippen molar-refractivity contribution in [2.45, 2.75) is 24.3 Å². The van der Waals surface area contributed by atoms with Gasteiger partial charge in [0.15, 0.2) is 0 Å². The average molecular weight is 447 g/mol. The summed E-state index contributed by atoms with van der Waals surface area (Å²) in [6, 6.07) is 13.4. The highest BCUT2D eigenvalue weighted by molar-refractivity contribution is 7.89. The van der Waals surface area contributed by atoms with Gasteiger partial charge in [0.05, 0.1) is 34.3 Å². The molecule has 0 unspecified atom stereocenters. The minimum Gasteiger partial charge on any atom is -0.323 e. The highest BCUT2D eigenvalue weighted by Gasteiger charge is 2.34. The van der Waals surface area contributed by atoms with Crippen LogP contribution >= 0.6 is 11.6 Å². The summed E-state index contributed by atoms with van der Waals surface area (Å²) in [4.78, 5) is 14.9. The number of carbonyl (C=O) groups is 1. The molecule has 2 atom stereocenters. The van der Waals surface area contributed by atoms with E-state index in [1.807, 2.05) is 4.90 Å². The zero-order valence-electron chi connectivity index (χ0n) is 16.7. The third kappa shape index (κ3) is 4.82. The van der Waals surface area contributed by atoms with Gasteiger partial charge in [0.25, 0.3) is 0 Å². The minimum atomic E-state index is -3.51. The number of sulfonamides is 1. The smallest absolute Gasteiger partial charge is 0.241 e. The lowest BCUT2D eigenvalue weighted by Crippen LogP contribution is -2.39. The molecule has 0 bridgehead atoms. The maximum Gasteiger partial charge on any atom is 0.241 e. The standard InChI is InChI=1S/C21H23ClN4O3S/c1-14-11-20(26(13-14)10-9-23)21(27)25-19-12-16(5-8-18(19)22)15-3-6-17(7-4-15)30(28,29)24-2/h3-8,12,14,20,24H,10-11,13H2,1-2H3,(H,25,27)/t14-,20-/m0/s1. The van der Waals surface area contributed by atoms with E-state index >= 15 is 0 Å². The molecule has 2 N–H and O–H groups in total. The first-order chi connectivity index (χ1) is 14.2. The van der Waals surface area contributed by atoms with Crippen molar-refractivity contribution < 1.29 is 13.2 Å². The van der Waals surface area contributed by atoms with Crippen molar-refractivity contribution >= 4 is 33.2 Å². The Hall–Kier alpha value is -2.44. The molecule has 0 saturated carbocycles. The Labute approximate surface area is 181 Å². The normalized spacial score (nSPS) is 19.4. The van der Waals surface area contributed by atoms with Gasteiger partial charge >= 0.3 is 0 Å². The second-order valence-electron chi connectivity index (χ2n) is 7.36. The number of carbonyl (C=O) groups excluding carboxylic acids is 1. The Balaban J connectivity index is 1.82. The summed E-state index contributed by atoms with van der Waals surface area (Å²) in [7, 11) is -2.15. The van der Waals surface area contributed by atoms with E-state index in [0.29, 0.717) is 29.6 Å². The minimum absolute atomic E-state index is 0.171. The van der Waals surface area contributed by atoms with Crippen molar-refractivity contribution in [2.75, 3.05) is 25.5 Å². The molecule has 1 aliphatic heterocycles. The molecule has 0 aliphatic carbocycles. The first-order valence-electron chi connectivity index (χ1n) is 9.50. The van der Waals surface area contributed by atoms with Crippen LogP contribution in [0.4, 0.5) is 5.69 Å². The van der Waals surface area contributed by atoms with Gasteiger partial charge in [0, 0.05) is 6.54 Å². The Kier molecular flexibility index (Phi) is 6.78. The Bertz CT molecular complexity index is 1080. The van der Waals surface area contributed by atoms with Gasteiger partial charge in [0.1, 0.15) is 0 Å². The zero-order valence-corrected chi connectivity index (χ0v) is 18.3. The topological polar surface area (TPSA) is 102 Å². The lowest BCUT2D eigenvalue weighted by Gasteiger charge is -2.21. The molecule has 0 radical (unpaired) electrons. The second kappa shape index (κ2) is 9.14. The summed E-state index contributed by atoms with van der Waals surface area (Å²) in [6.07, 6.45) is 0.687. The number of anilines is 1. The molecule has 7 nitrogen and oxygen atoms in total. The van der Waals surface area contributed by atoms with Crippen molar-refractivity contribution in [1.82, 2.24) is 9.62 Å². The predicted molar refractivity (Wildman–Crippen MR) is 117 cm³/mol. The number of amides is 1. The molecular weight excluding hydrogens is 424 g/mol. The van der Waals surface area contributed by atoms with Crippen molar-refractivity contribution in [3.05, 3.63) is 47.5 Å². The van der Waals surface area contributed by atoms with Crippen molar-refractivity contribution in [3.8, 4) is 17.2 Å². The first-order valence-corrected chi connectivity index (χ1v) is 11.4. The van der Waals surface area contributed by atoms with Crippen molar-refractivity contribution in [2.24, 2.45) is 5.92 Å². The van der Waals surface area contributed by atoms with Crippen LogP contribution < -0.4 is 10.0 Å². The quantitative estimate of drug-likeness (QED) is 0.664. The molecule has 1 amide bonds. The summed E-state index contributed by atoms with van der Waals surface area (Å²) >= 11 is 6.30. The number of likely N-dealkylation sites (tertiary alicyclic amines) is 1. The van der Waals surface area contributed by atoms with Crippen LogP contribution in [0.2, 0.25) is 5.02 Å². The molecule has 1 fully saturated rings. The summed E-state index contributed by atoms with van der Waals surface area (Å²) < 4.78 is 26.1. The second-order valence-corrected chi connectivity index (χ2v) is 9.65. The molecule has 158 valence electrons. The number of nitriles is 1. The highest BCUT2D eigenvalue weighted by Crippen LogP contribution is 2.31. The monoisotopic (exact) mass is 446 g/mol. The van der Waals surface area contributed by atoms with Crippen LogP contribution in [0.15, 0.2) is 47.4 Å². The van der Waals surface area contributed by atoms with E-state index < -0.39 is 10.0 Å². The molecule has 0 aromatic heterocycles. The number of hydrogen-bond acceptors (Lipinski definition) is 5. The summed E-state index contributed by atoms with van der Waals surface area (Å²) in [6.45, 7) is 2.97. The lowest BCUT2D eigenvalue weighted by molar-refractivity contribution is -0.120. The number of nitrogens with zero attached hydrogens (tertiary/aromatic N) is 2. The van der Waals surface area contributed by atoms with Gasteiger partial charge in [0.2, 0.25) is 15.9 Å². The fraction of sp³-hybridized carbons (Fsp3) is 0.333. The van der Waals surface area contributed by atoms with Crippen LogP contribution in [0.3, 0.4) is 0 Å². The summed E-state index contributed by atoms with van der Waals surface area (Å²) in [5.74, 6) is 0.146. The van der Waals surface area contributed by atoms with Gasteiger partial charge in [-0.3, -0.25) is 9.69 Å². The first kappa shape index (κ1) is 22.2. The van der Waals surface area contributed by atoms with Gasteiger partial charge in [-0.25, -0.2) is 13.1 Å². The number of halogens is 1. The molecule has 2 aromatic carbocycles. The number of rotatable bonds is 6. The van der Waals surface area contributed by atoms with Crippen LogP contribution in [0.25, 0.3) is 11.1 Å². The third-order valence-electron chi connectivity index (χ3n) is 5.18. The SMILES string of the molecule is CNS(=O)(=O)c1ccc(-c2ccc(Cl)c(NC(=O)[C@@H]3C[C@H](C)CN3CC#N)c2)cc1. The van der Waals surface area contributed by atoms with Gasteiger partial charge in [-0.2, -0.15) is 5.26 Å². The lowest BCUT2D eigenvalue weighted by atomic mass is 10.0. The van der Waals surface area contributed by atoms with Gasteiger partial charge in [-0.15, -0.1) is 0 Å². The van der Waals surface area contributed by atoms with Crippen molar-refractivity contribution in [1.29, 1.82) is 5.26 Å². The fourth-order valence-corrected chi connectivity index (χ4v) is 4.53. The van der Waals surface area contributed by atoms with E-state index in [0.717, 1.165) is 11.1 Å². The van der Waals surface area contributed by atoms with E-state index in [4.69, 9.17) is 16.9 Å². The number of benzene rings is 2. The molecular formula is C21H23ClN4O3S. The number of hydrogen-bond donors (Lipinski definition) is 2. The third-order valence-corrected chi connectivity index (χ3v) is 6.94. The van der Waals surface area contributed by atoms with Crippen LogP contribution in [0, 0.1) is 17.2 Å². The van der Waals surface area contributed by atoms with Gasteiger partial charge < -0.3 is 5.32 Å². The molecule has 9 heteroatoms. The molecule has 2 aromatic rings.